The van der Waals surface area contributed by atoms with Crippen molar-refractivity contribution in [1.82, 2.24) is 5.32 Å². The Bertz CT molecular complexity index is 104. The molecule has 60 valence electrons. The lowest BCUT2D eigenvalue weighted by Gasteiger charge is -1.99. The molecule has 0 aromatic heterocycles. The fourth-order valence-corrected chi connectivity index (χ4v) is 0.895. The van der Waals surface area contributed by atoms with E-state index < -0.39 is 5.97 Å². The van der Waals surface area contributed by atoms with Crippen LogP contribution in [0, 0.1) is 0 Å². The second-order valence-electron chi connectivity index (χ2n) is 1.99. The summed E-state index contributed by atoms with van der Waals surface area (Å²) in [5.41, 5.74) is 0. The molecule has 1 aliphatic rings. The maximum absolute atomic E-state index is 10.1. The van der Waals surface area contributed by atoms with Crippen molar-refractivity contribution in [3.8, 4) is 0 Å². The minimum atomic E-state index is -0.720. The smallest absolute Gasteiger partial charge is 0.320 e. The minimum Gasteiger partial charge on any atom is -0.480 e. The molecule has 0 aliphatic carbocycles. The molecule has 0 aromatic rings. The van der Waals surface area contributed by atoms with E-state index in [2.05, 4.69) is 28.6 Å². The molecule has 5 heteroatoms. The minimum absolute atomic E-state index is 0.269. The van der Waals surface area contributed by atoms with Gasteiger partial charge >= 0.3 is 5.97 Å². The van der Waals surface area contributed by atoms with Crippen molar-refractivity contribution in [2.75, 3.05) is 6.54 Å². The number of thiol groups is 2. The summed E-state index contributed by atoms with van der Waals surface area (Å²) in [6.45, 7) is 0.858. The maximum atomic E-state index is 10.1. The van der Waals surface area contributed by atoms with Crippen molar-refractivity contribution in [2.24, 2.45) is 0 Å². The van der Waals surface area contributed by atoms with Crippen LogP contribution >= 0.6 is 23.3 Å². The highest BCUT2D eigenvalue weighted by Gasteiger charge is 2.20. The van der Waals surface area contributed by atoms with Gasteiger partial charge in [0, 0.05) is 0 Å². The molecule has 1 rings (SSSR count). The third kappa shape index (κ3) is 3.34. The molecule has 1 heterocycles. The molecular formula is C5H11NO2S2. The van der Waals surface area contributed by atoms with Gasteiger partial charge in [-0.2, -0.15) is 0 Å². The molecule has 1 aliphatic heterocycles. The van der Waals surface area contributed by atoms with Gasteiger partial charge in [0.25, 0.3) is 0 Å². The lowest BCUT2D eigenvalue weighted by atomic mass is 10.2. The van der Waals surface area contributed by atoms with Gasteiger partial charge in [0.1, 0.15) is 6.04 Å². The van der Waals surface area contributed by atoms with E-state index in [1.54, 1.807) is 0 Å². The van der Waals surface area contributed by atoms with Gasteiger partial charge in [0.15, 0.2) is 0 Å². The summed E-state index contributed by atoms with van der Waals surface area (Å²) in [5.74, 6) is -0.720. The fraction of sp³-hybridized carbons (Fsp3) is 0.800. The first-order chi connectivity index (χ1) is 4.80. The molecule has 0 saturated carbocycles. The number of carboxylic acid groups (broad SMARTS) is 1. The molecule has 1 fully saturated rings. The zero-order valence-corrected chi connectivity index (χ0v) is 7.24. The summed E-state index contributed by atoms with van der Waals surface area (Å²) in [6, 6.07) is -0.269. The van der Waals surface area contributed by atoms with Crippen LogP contribution in [-0.2, 0) is 4.79 Å². The topological polar surface area (TPSA) is 49.3 Å². The van der Waals surface area contributed by atoms with E-state index in [0.29, 0.717) is 0 Å². The van der Waals surface area contributed by atoms with E-state index in [4.69, 9.17) is 5.11 Å². The Balaban J connectivity index is 0.000000371. The molecule has 0 aromatic carbocycles. The second-order valence-corrected chi connectivity index (χ2v) is 1.99. The van der Waals surface area contributed by atoms with Crippen molar-refractivity contribution < 1.29 is 9.90 Å². The van der Waals surface area contributed by atoms with Crippen molar-refractivity contribution in [2.45, 2.75) is 18.9 Å². The molecule has 10 heavy (non-hydrogen) atoms. The van der Waals surface area contributed by atoms with Gasteiger partial charge in [-0.25, -0.2) is 0 Å². The maximum Gasteiger partial charge on any atom is 0.320 e. The van der Waals surface area contributed by atoms with Gasteiger partial charge in [-0.05, 0) is 19.4 Å². The molecule has 0 bridgehead atoms. The molecule has 1 atom stereocenters. The van der Waals surface area contributed by atoms with Crippen molar-refractivity contribution in [3.63, 3.8) is 0 Å². The summed E-state index contributed by atoms with van der Waals surface area (Å²) in [5, 5.41) is 11.2. The van der Waals surface area contributed by atoms with E-state index >= 15 is 0 Å². The average molecular weight is 181 g/mol. The molecule has 0 amide bonds. The number of rotatable bonds is 1. The normalized spacial score (nSPS) is 23.2. The first-order valence-corrected chi connectivity index (χ1v) is 4.57. The Morgan fingerprint density at radius 1 is 1.60 bits per heavy atom. The Hall–Kier alpha value is 0.130. The predicted molar refractivity (Wildman–Crippen MR) is 46.6 cm³/mol. The van der Waals surface area contributed by atoms with Gasteiger partial charge < -0.3 is 10.4 Å². The molecule has 2 N–H and O–H groups in total. The largest absolute Gasteiger partial charge is 0.480 e. The predicted octanol–water partition coefficient (Wildman–Crippen LogP) is 0.584. The van der Waals surface area contributed by atoms with E-state index in [1.165, 1.54) is 0 Å². The van der Waals surface area contributed by atoms with Gasteiger partial charge in [-0.15, -0.1) is 23.3 Å². The van der Waals surface area contributed by atoms with Gasteiger partial charge in [0.05, 0.1) is 0 Å². The Labute approximate surface area is 70.4 Å². The molecule has 0 spiro atoms. The number of hydrogen-bond donors (Lipinski definition) is 4. The van der Waals surface area contributed by atoms with Crippen LogP contribution in [0.2, 0.25) is 0 Å². The lowest BCUT2D eigenvalue weighted by molar-refractivity contribution is -0.139. The van der Waals surface area contributed by atoms with E-state index in [0.717, 1.165) is 19.4 Å². The molecule has 0 radical (unpaired) electrons. The quantitative estimate of drug-likeness (QED) is 0.354. The Morgan fingerprint density at radius 3 is 2.40 bits per heavy atom. The van der Waals surface area contributed by atoms with Crippen LogP contribution < -0.4 is 5.32 Å². The number of hydrogen-bond acceptors (Lipinski definition) is 4. The van der Waals surface area contributed by atoms with Crippen LogP contribution in [0.25, 0.3) is 0 Å². The highest BCUT2D eigenvalue weighted by molar-refractivity contribution is 8.59. The van der Waals surface area contributed by atoms with Crippen LogP contribution in [0.3, 0.4) is 0 Å². The third-order valence-corrected chi connectivity index (χ3v) is 1.36. The fourth-order valence-electron chi connectivity index (χ4n) is 0.895. The number of aliphatic carboxylic acids is 1. The Kier molecular flexibility index (Phi) is 5.96. The van der Waals surface area contributed by atoms with Gasteiger partial charge in [-0.1, -0.05) is 0 Å². The van der Waals surface area contributed by atoms with Gasteiger partial charge in [0.2, 0.25) is 0 Å². The lowest BCUT2D eigenvalue weighted by Crippen LogP contribution is -2.29. The zero-order chi connectivity index (χ0) is 7.98. The summed E-state index contributed by atoms with van der Waals surface area (Å²) in [6.07, 6.45) is 1.78. The van der Waals surface area contributed by atoms with Crippen molar-refractivity contribution >= 4 is 29.3 Å². The van der Waals surface area contributed by atoms with Crippen LogP contribution in [0.1, 0.15) is 12.8 Å². The first-order valence-electron chi connectivity index (χ1n) is 2.97. The van der Waals surface area contributed by atoms with Crippen LogP contribution in [0.4, 0.5) is 0 Å². The second kappa shape index (κ2) is 5.88. The SMILES string of the molecule is O=C(O)C1CCCN1.SS. The van der Waals surface area contributed by atoms with Crippen LogP contribution in [0.15, 0.2) is 0 Å². The average Bonchev–Trinajstić information content (AvgIpc) is 2.42. The monoisotopic (exact) mass is 181 g/mol. The van der Waals surface area contributed by atoms with Crippen LogP contribution in [0.5, 0.6) is 0 Å². The number of carbonyl (C=O) groups is 1. The highest BCUT2D eigenvalue weighted by Crippen LogP contribution is 2.03. The standard InChI is InChI=1S/C5H9NO2.H2S2/c7-5(8)4-2-1-3-6-4;1-2/h4,6H,1-3H2,(H,7,8);1-2H. The van der Waals surface area contributed by atoms with E-state index in [-0.39, 0.29) is 6.04 Å². The number of carboxylic acids is 1. The summed E-state index contributed by atoms with van der Waals surface area (Å²) in [7, 11) is 0. The molecule has 3 nitrogen and oxygen atoms in total. The van der Waals surface area contributed by atoms with Crippen LogP contribution in [-0.4, -0.2) is 23.7 Å². The highest BCUT2D eigenvalue weighted by atomic mass is 33.1. The van der Waals surface area contributed by atoms with Crippen molar-refractivity contribution in [1.29, 1.82) is 0 Å². The zero-order valence-electron chi connectivity index (χ0n) is 5.45. The third-order valence-electron chi connectivity index (χ3n) is 1.36. The first kappa shape index (κ1) is 10.1. The summed E-state index contributed by atoms with van der Waals surface area (Å²) < 4.78 is 0. The van der Waals surface area contributed by atoms with E-state index in [9.17, 15) is 4.79 Å². The Morgan fingerprint density at radius 2 is 2.20 bits per heavy atom. The number of nitrogens with one attached hydrogen (secondary N) is 1. The van der Waals surface area contributed by atoms with Crippen molar-refractivity contribution in [3.05, 3.63) is 0 Å². The molecular weight excluding hydrogens is 170 g/mol. The van der Waals surface area contributed by atoms with E-state index in [1.807, 2.05) is 0 Å². The summed E-state index contributed by atoms with van der Waals surface area (Å²) >= 11 is 6.44. The molecule has 1 unspecified atom stereocenters. The molecule has 1 saturated heterocycles. The summed E-state index contributed by atoms with van der Waals surface area (Å²) in [4.78, 5) is 10.1. The van der Waals surface area contributed by atoms with Gasteiger partial charge in [-0.3, -0.25) is 4.79 Å².